The van der Waals surface area contributed by atoms with Crippen molar-refractivity contribution in [3.8, 4) is 5.75 Å². The molecule has 0 atom stereocenters. The Morgan fingerprint density at radius 2 is 1.52 bits per heavy atom. The summed E-state index contributed by atoms with van der Waals surface area (Å²) < 4.78 is 5.10. The minimum absolute atomic E-state index is 0.0288. The molecule has 0 heterocycles. The van der Waals surface area contributed by atoms with Crippen molar-refractivity contribution in [1.82, 2.24) is 5.32 Å². The van der Waals surface area contributed by atoms with Crippen molar-refractivity contribution in [3.63, 3.8) is 0 Å². The minimum atomic E-state index is -0.614. The molecule has 2 aromatic rings. The average molecular weight is 399 g/mol. The van der Waals surface area contributed by atoms with Gasteiger partial charge >= 0.3 is 6.09 Å². The molecule has 0 aliphatic heterocycles. The number of para-hydroxylation sites is 3. The van der Waals surface area contributed by atoms with E-state index in [0.717, 1.165) is 0 Å². The molecule has 0 radical (unpaired) electrons. The number of phenolic OH excluding ortho intramolecular Hbond substituents is 1. The molecule has 4 N–H and O–H groups in total. The quantitative estimate of drug-likeness (QED) is 0.593. The van der Waals surface area contributed by atoms with Gasteiger partial charge in [0, 0.05) is 13.0 Å². The number of hydrogen-bond acceptors (Lipinski definition) is 5. The number of phenols is 1. The molecule has 8 nitrogen and oxygen atoms in total. The Hall–Kier alpha value is -3.55. The Morgan fingerprint density at radius 1 is 0.931 bits per heavy atom. The summed E-state index contributed by atoms with van der Waals surface area (Å²) in [5, 5.41) is 17.7. The van der Waals surface area contributed by atoms with Crippen LogP contribution in [-0.4, -0.2) is 35.2 Å². The van der Waals surface area contributed by atoms with E-state index in [1.807, 2.05) is 0 Å². The molecule has 0 fully saturated rings. The van der Waals surface area contributed by atoms with Crippen LogP contribution in [0.5, 0.6) is 5.75 Å². The third-order valence-corrected chi connectivity index (χ3v) is 3.62. The van der Waals surface area contributed by atoms with Gasteiger partial charge < -0.3 is 25.8 Å². The summed E-state index contributed by atoms with van der Waals surface area (Å²) in [5.74, 6) is -0.985. The van der Waals surface area contributed by atoms with Gasteiger partial charge in [-0.2, -0.15) is 0 Å². The highest BCUT2D eigenvalue weighted by Gasteiger charge is 2.16. The maximum atomic E-state index is 12.4. The van der Waals surface area contributed by atoms with Crippen molar-refractivity contribution in [2.45, 2.75) is 32.8 Å². The molecule has 2 aromatic carbocycles. The number of aromatic hydroxyl groups is 1. The molecule has 0 bridgehead atoms. The van der Waals surface area contributed by atoms with Crippen molar-refractivity contribution in [3.05, 3.63) is 54.1 Å². The number of anilines is 2. The number of alkyl carbamates (subject to hydrolysis) is 1. The number of nitrogens with one attached hydrogen (secondary N) is 3. The van der Waals surface area contributed by atoms with Gasteiger partial charge in [0.05, 0.1) is 16.9 Å². The fourth-order valence-electron chi connectivity index (χ4n) is 2.36. The van der Waals surface area contributed by atoms with Crippen LogP contribution in [0.1, 0.15) is 37.6 Å². The fraction of sp³-hybridized carbons (Fsp3) is 0.286. The van der Waals surface area contributed by atoms with Crippen molar-refractivity contribution >= 4 is 29.3 Å². The summed E-state index contributed by atoms with van der Waals surface area (Å²) in [6, 6.07) is 12.9. The Bertz CT molecular complexity index is 890. The first-order valence-corrected chi connectivity index (χ1v) is 9.11. The fourth-order valence-corrected chi connectivity index (χ4v) is 2.36. The molecule has 0 aliphatic carbocycles. The molecule has 0 unspecified atom stereocenters. The summed E-state index contributed by atoms with van der Waals surface area (Å²) in [4.78, 5) is 36.2. The molecule has 0 aliphatic rings. The van der Waals surface area contributed by atoms with Crippen LogP contribution in [0.2, 0.25) is 0 Å². The molecule has 0 saturated carbocycles. The van der Waals surface area contributed by atoms with Gasteiger partial charge in [-0.1, -0.05) is 24.3 Å². The van der Waals surface area contributed by atoms with Crippen LogP contribution in [0.15, 0.2) is 48.5 Å². The first-order valence-electron chi connectivity index (χ1n) is 9.11. The highest BCUT2D eigenvalue weighted by atomic mass is 16.6. The average Bonchev–Trinajstić information content (AvgIpc) is 2.62. The first kappa shape index (κ1) is 21.7. The predicted molar refractivity (Wildman–Crippen MR) is 110 cm³/mol. The minimum Gasteiger partial charge on any atom is -0.507 e. The van der Waals surface area contributed by atoms with Gasteiger partial charge in [-0.3, -0.25) is 9.59 Å². The highest BCUT2D eigenvalue weighted by molar-refractivity contribution is 6.08. The van der Waals surface area contributed by atoms with Gasteiger partial charge in [-0.05, 0) is 45.0 Å². The predicted octanol–water partition coefficient (Wildman–Crippen LogP) is 3.50. The molecule has 8 heteroatoms. The molecular weight excluding hydrogens is 374 g/mol. The van der Waals surface area contributed by atoms with Crippen molar-refractivity contribution in [2.24, 2.45) is 0 Å². The molecule has 0 aromatic heterocycles. The normalized spacial score (nSPS) is 10.7. The van der Waals surface area contributed by atoms with Crippen LogP contribution >= 0.6 is 0 Å². The van der Waals surface area contributed by atoms with Gasteiger partial charge in [0.2, 0.25) is 5.91 Å². The van der Waals surface area contributed by atoms with Crippen LogP contribution in [0.4, 0.5) is 16.2 Å². The van der Waals surface area contributed by atoms with Crippen LogP contribution in [-0.2, 0) is 9.53 Å². The SMILES string of the molecule is CC(C)(C)OC(=O)NCCC(=O)Nc1ccccc1NC(=O)c1ccccc1O. The number of carbonyl (C=O) groups is 3. The molecule has 0 saturated heterocycles. The van der Waals surface area contributed by atoms with E-state index in [-0.39, 0.29) is 30.2 Å². The topological polar surface area (TPSA) is 117 Å². The third-order valence-electron chi connectivity index (χ3n) is 3.62. The Morgan fingerprint density at radius 3 is 2.14 bits per heavy atom. The zero-order chi connectivity index (χ0) is 21.4. The smallest absolute Gasteiger partial charge is 0.407 e. The van der Waals surface area contributed by atoms with Gasteiger partial charge in [0.25, 0.3) is 5.91 Å². The lowest BCUT2D eigenvalue weighted by atomic mass is 10.1. The van der Waals surface area contributed by atoms with E-state index in [2.05, 4.69) is 16.0 Å². The van der Waals surface area contributed by atoms with Gasteiger partial charge in [-0.15, -0.1) is 0 Å². The molecule has 2 rings (SSSR count). The standard InChI is InChI=1S/C21H25N3O5/c1-21(2,3)29-20(28)22-13-12-18(26)23-15-9-5-6-10-16(15)24-19(27)14-8-4-7-11-17(14)25/h4-11,25H,12-13H2,1-3H3,(H,22,28)(H,23,26)(H,24,27). The van der Waals surface area contributed by atoms with Gasteiger partial charge in [0.1, 0.15) is 11.4 Å². The number of hydrogen-bond donors (Lipinski definition) is 4. The summed E-state index contributed by atoms with van der Waals surface area (Å²) in [6.45, 7) is 5.35. The summed E-state index contributed by atoms with van der Waals surface area (Å²) >= 11 is 0. The van der Waals surface area contributed by atoms with E-state index in [4.69, 9.17) is 4.74 Å². The van der Waals surface area contributed by atoms with Crippen molar-refractivity contribution < 1.29 is 24.2 Å². The summed E-state index contributed by atoms with van der Waals surface area (Å²) in [7, 11) is 0. The number of rotatable bonds is 6. The van der Waals surface area contributed by atoms with Crippen LogP contribution in [0.3, 0.4) is 0 Å². The molecular formula is C21H25N3O5. The second-order valence-electron chi connectivity index (χ2n) is 7.24. The van der Waals surface area contributed by atoms with Crippen LogP contribution in [0, 0.1) is 0 Å². The third kappa shape index (κ3) is 7.17. The number of carbonyl (C=O) groups excluding carboxylic acids is 3. The van der Waals surface area contributed by atoms with Gasteiger partial charge in [-0.25, -0.2) is 4.79 Å². The lowest BCUT2D eigenvalue weighted by molar-refractivity contribution is -0.116. The lowest BCUT2D eigenvalue weighted by Crippen LogP contribution is -2.34. The molecule has 3 amide bonds. The largest absolute Gasteiger partial charge is 0.507 e. The van der Waals surface area contributed by atoms with Crippen LogP contribution < -0.4 is 16.0 Å². The van der Waals surface area contributed by atoms with E-state index in [9.17, 15) is 19.5 Å². The highest BCUT2D eigenvalue weighted by Crippen LogP contribution is 2.24. The summed E-state index contributed by atoms with van der Waals surface area (Å²) in [5.41, 5.74) is 0.291. The second-order valence-corrected chi connectivity index (χ2v) is 7.24. The van der Waals surface area contributed by atoms with Crippen molar-refractivity contribution in [1.29, 1.82) is 0 Å². The number of benzene rings is 2. The maximum Gasteiger partial charge on any atom is 0.407 e. The Kier molecular flexibility index (Phi) is 7.19. The van der Waals surface area contributed by atoms with Gasteiger partial charge in [0.15, 0.2) is 0 Å². The summed E-state index contributed by atoms with van der Waals surface area (Å²) in [6.07, 6.45) is -0.568. The first-order chi connectivity index (χ1) is 13.7. The number of amides is 3. The van der Waals surface area contributed by atoms with E-state index < -0.39 is 17.6 Å². The molecule has 154 valence electrons. The lowest BCUT2D eigenvalue weighted by Gasteiger charge is -2.19. The monoisotopic (exact) mass is 399 g/mol. The zero-order valence-electron chi connectivity index (χ0n) is 16.6. The second kappa shape index (κ2) is 9.59. The number of ether oxygens (including phenoxy) is 1. The van der Waals surface area contributed by atoms with E-state index in [0.29, 0.717) is 11.4 Å². The Labute approximate surface area is 169 Å². The molecule has 29 heavy (non-hydrogen) atoms. The Balaban J connectivity index is 1.93. The van der Waals surface area contributed by atoms with E-state index in [1.54, 1.807) is 57.2 Å². The van der Waals surface area contributed by atoms with Crippen LogP contribution in [0.25, 0.3) is 0 Å². The van der Waals surface area contributed by atoms with E-state index in [1.165, 1.54) is 12.1 Å². The van der Waals surface area contributed by atoms with Crippen molar-refractivity contribution in [2.75, 3.05) is 17.2 Å². The maximum absolute atomic E-state index is 12.4. The molecule has 0 spiro atoms. The van der Waals surface area contributed by atoms with E-state index >= 15 is 0 Å². The zero-order valence-corrected chi connectivity index (χ0v) is 16.6.